The van der Waals surface area contributed by atoms with E-state index in [1.807, 2.05) is 6.92 Å². The molecule has 1 saturated heterocycles. The molecular weight excluding hydrogens is 233 g/mol. The summed E-state index contributed by atoms with van der Waals surface area (Å²) < 4.78 is 13.4. The van der Waals surface area contributed by atoms with Crippen molar-refractivity contribution in [2.45, 2.75) is 13.3 Å². The Morgan fingerprint density at radius 3 is 3.00 bits per heavy atom. The van der Waals surface area contributed by atoms with E-state index >= 15 is 0 Å². The molecule has 18 heavy (non-hydrogen) atoms. The summed E-state index contributed by atoms with van der Waals surface area (Å²) in [6.45, 7) is 3.24. The minimum Gasteiger partial charge on any atom is -0.324 e. The highest BCUT2D eigenvalue weighted by molar-refractivity contribution is 5.96. The zero-order valence-corrected chi connectivity index (χ0v) is 10.1. The molecule has 5 heteroatoms. The summed E-state index contributed by atoms with van der Waals surface area (Å²) in [4.78, 5) is 12.1. The molecule has 0 spiro atoms. The summed E-state index contributed by atoms with van der Waals surface area (Å²) in [5.74, 6) is -0.806. The first-order valence-corrected chi connectivity index (χ1v) is 5.77. The van der Waals surface area contributed by atoms with Gasteiger partial charge in [-0.3, -0.25) is 4.79 Å². The van der Waals surface area contributed by atoms with Gasteiger partial charge in [-0.1, -0.05) is 6.07 Å². The zero-order chi connectivity index (χ0) is 13.2. The third kappa shape index (κ3) is 2.20. The number of rotatable bonds is 2. The lowest BCUT2D eigenvalue weighted by molar-refractivity contribution is -0.123. The van der Waals surface area contributed by atoms with Crippen LogP contribution in [0.3, 0.4) is 0 Å². The largest absolute Gasteiger partial charge is 0.324 e. The Hall–Kier alpha value is -1.93. The molecule has 4 nitrogen and oxygen atoms in total. The number of carbonyl (C=O) groups excluding carboxylic acids is 1. The third-order valence-electron chi connectivity index (χ3n) is 3.29. The lowest BCUT2D eigenvalue weighted by Crippen LogP contribution is -2.35. The van der Waals surface area contributed by atoms with Gasteiger partial charge in [0.25, 0.3) is 0 Å². The number of amides is 1. The van der Waals surface area contributed by atoms with E-state index in [-0.39, 0.29) is 17.2 Å². The highest BCUT2D eigenvalue weighted by Gasteiger charge is 2.36. The quantitative estimate of drug-likeness (QED) is 0.835. The molecule has 1 amide bonds. The van der Waals surface area contributed by atoms with Crippen LogP contribution in [0.1, 0.15) is 18.9 Å². The lowest BCUT2D eigenvalue weighted by atomic mass is 9.88. The Balaban J connectivity index is 2.22. The van der Waals surface area contributed by atoms with Crippen LogP contribution in [0.2, 0.25) is 0 Å². The zero-order valence-electron chi connectivity index (χ0n) is 10.1. The predicted octanol–water partition coefficient (Wildman–Crippen LogP) is 1.64. The molecule has 2 rings (SSSR count). The molecule has 2 N–H and O–H groups in total. The van der Waals surface area contributed by atoms with Gasteiger partial charge in [0.05, 0.1) is 11.1 Å². The molecule has 0 radical (unpaired) electrons. The van der Waals surface area contributed by atoms with Gasteiger partial charge >= 0.3 is 0 Å². The Morgan fingerprint density at radius 2 is 2.39 bits per heavy atom. The highest BCUT2D eigenvalue weighted by atomic mass is 19.1. The molecule has 1 aromatic rings. The second kappa shape index (κ2) is 4.75. The van der Waals surface area contributed by atoms with Crippen molar-refractivity contribution in [3.05, 3.63) is 29.6 Å². The molecule has 0 bridgehead atoms. The van der Waals surface area contributed by atoms with Gasteiger partial charge in [-0.2, -0.15) is 5.26 Å². The molecule has 0 aromatic heterocycles. The molecule has 0 aliphatic carbocycles. The molecule has 94 valence electrons. The second-order valence-corrected chi connectivity index (χ2v) is 4.72. The van der Waals surface area contributed by atoms with Crippen LogP contribution in [0.5, 0.6) is 0 Å². The van der Waals surface area contributed by atoms with Crippen LogP contribution in [0, 0.1) is 22.6 Å². The lowest BCUT2D eigenvalue weighted by Gasteiger charge is -2.21. The van der Waals surface area contributed by atoms with Crippen LogP contribution in [0.25, 0.3) is 0 Å². The van der Waals surface area contributed by atoms with Crippen molar-refractivity contribution in [2.24, 2.45) is 5.41 Å². The van der Waals surface area contributed by atoms with E-state index in [4.69, 9.17) is 5.26 Å². The summed E-state index contributed by atoms with van der Waals surface area (Å²) >= 11 is 0. The van der Waals surface area contributed by atoms with Gasteiger partial charge in [0, 0.05) is 6.54 Å². The average molecular weight is 247 g/mol. The van der Waals surface area contributed by atoms with Crippen LogP contribution in [0.4, 0.5) is 10.1 Å². The van der Waals surface area contributed by atoms with Gasteiger partial charge in [0.2, 0.25) is 5.91 Å². The first-order valence-electron chi connectivity index (χ1n) is 5.77. The normalized spacial score (nSPS) is 22.5. The monoisotopic (exact) mass is 247 g/mol. The molecule has 0 saturated carbocycles. The van der Waals surface area contributed by atoms with Crippen molar-refractivity contribution >= 4 is 11.6 Å². The smallest absolute Gasteiger partial charge is 0.231 e. The van der Waals surface area contributed by atoms with Crippen molar-refractivity contribution in [3.63, 3.8) is 0 Å². The predicted molar refractivity (Wildman–Crippen MR) is 65.3 cm³/mol. The van der Waals surface area contributed by atoms with Crippen molar-refractivity contribution in [2.75, 3.05) is 18.4 Å². The summed E-state index contributed by atoms with van der Waals surface area (Å²) in [5, 5.41) is 14.7. The molecule has 1 fully saturated rings. The van der Waals surface area contributed by atoms with Crippen LogP contribution >= 0.6 is 0 Å². The van der Waals surface area contributed by atoms with Crippen molar-refractivity contribution in [1.29, 1.82) is 5.26 Å². The van der Waals surface area contributed by atoms with E-state index in [1.54, 1.807) is 6.07 Å². The standard InChI is InChI=1S/C13H14FN3O/c1-13(5-6-16-8-13)12(18)17-11-4-2-3-10(14)9(11)7-15/h2-4,16H,5-6,8H2,1H3,(H,17,18). The van der Waals surface area contributed by atoms with Crippen molar-refractivity contribution in [3.8, 4) is 6.07 Å². The van der Waals surface area contributed by atoms with E-state index in [2.05, 4.69) is 10.6 Å². The summed E-state index contributed by atoms with van der Waals surface area (Å²) in [7, 11) is 0. The third-order valence-corrected chi connectivity index (χ3v) is 3.29. The Bertz CT molecular complexity index is 515. The van der Waals surface area contributed by atoms with E-state index < -0.39 is 11.2 Å². The molecule has 1 unspecified atom stereocenters. The topological polar surface area (TPSA) is 64.9 Å². The SMILES string of the molecule is CC1(C(=O)Nc2cccc(F)c2C#N)CCNC1. The Kier molecular flexibility index (Phi) is 3.30. The fraction of sp³-hybridized carbons (Fsp3) is 0.385. The molecule has 1 atom stereocenters. The average Bonchev–Trinajstić information content (AvgIpc) is 2.78. The minimum atomic E-state index is -0.620. The molecule has 1 aliphatic heterocycles. The van der Waals surface area contributed by atoms with Gasteiger partial charge in [-0.15, -0.1) is 0 Å². The van der Waals surface area contributed by atoms with E-state index in [0.717, 1.165) is 13.0 Å². The van der Waals surface area contributed by atoms with Gasteiger partial charge in [-0.05, 0) is 32.0 Å². The number of nitrogens with one attached hydrogen (secondary N) is 2. The number of halogens is 1. The summed E-state index contributed by atoms with van der Waals surface area (Å²) in [6, 6.07) is 5.97. The number of nitriles is 1. The van der Waals surface area contributed by atoms with Crippen molar-refractivity contribution < 1.29 is 9.18 Å². The molecular formula is C13H14FN3O. The first kappa shape index (κ1) is 12.5. The summed E-state index contributed by atoms with van der Waals surface area (Å²) in [6.07, 6.45) is 0.732. The van der Waals surface area contributed by atoms with Gasteiger partial charge in [-0.25, -0.2) is 4.39 Å². The van der Waals surface area contributed by atoms with Crippen LogP contribution in [-0.4, -0.2) is 19.0 Å². The van der Waals surface area contributed by atoms with Crippen LogP contribution < -0.4 is 10.6 Å². The Morgan fingerprint density at radius 1 is 1.61 bits per heavy atom. The van der Waals surface area contributed by atoms with Gasteiger partial charge in [0.15, 0.2) is 0 Å². The summed E-state index contributed by atoms with van der Waals surface area (Å²) in [5.41, 5.74) is -0.394. The molecule has 1 aromatic carbocycles. The van der Waals surface area contributed by atoms with Gasteiger partial charge < -0.3 is 10.6 Å². The maximum atomic E-state index is 13.4. The number of nitrogens with zero attached hydrogens (tertiary/aromatic N) is 1. The van der Waals surface area contributed by atoms with Crippen molar-refractivity contribution in [1.82, 2.24) is 5.32 Å². The minimum absolute atomic E-state index is 0.125. The van der Waals surface area contributed by atoms with E-state index in [0.29, 0.717) is 6.54 Å². The molecule has 1 heterocycles. The number of benzene rings is 1. The number of hydrogen-bond donors (Lipinski definition) is 2. The Labute approximate surface area is 105 Å². The fourth-order valence-electron chi connectivity index (χ4n) is 2.03. The van der Waals surface area contributed by atoms with Gasteiger partial charge in [0.1, 0.15) is 17.4 Å². The van der Waals surface area contributed by atoms with Crippen LogP contribution in [0.15, 0.2) is 18.2 Å². The number of carbonyl (C=O) groups is 1. The maximum absolute atomic E-state index is 13.4. The maximum Gasteiger partial charge on any atom is 0.231 e. The number of hydrogen-bond acceptors (Lipinski definition) is 3. The van der Waals surface area contributed by atoms with E-state index in [9.17, 15) is 9.18 Å². The second-order valence-electron chi connectivity index (χ2n) is 4.72. The fourth-order valence-corrected chi connectivity index (χ4v) is 2.03. The first-order chi connectivity index (χ1) is 8.57. The molecule has 1 aliphatic rings. The van der Waals surface area contributed by atoms with Crippen LogP contribution in [-0.2, 0) is 4.79 Å². The number of anilines is 1. The highest BCUT2D eigenvalue weighted by Crippen LogP contribution is 2.27. The van der Waals surface area contributed by atoms with E-state index in [1.165, 1.54) is 18.2 Å².